The van der Waals surface area contributed by atoms with Crippen LogP contribution in [0.25, 0.3) is 0 Å². The third-order valence-corrected chi connectivity index (χ3v) is 4.14. The molecule has 1 aromatic carbocycles. The molecule has 0 radical (unpaired) electrons. The molecule has 4 nitrogen and oxygen atoms in total. The van der Waals surface area contributed by atoms with Crippen molar-refractivity contribution in [2.45, 2.75) is 25.5 Å². The number of nitrogens with zero attached hydrogens (tertiary/aromatic N) is 2. The maximum atomic E-state index is 13.0. The number of anilines is 1. The van der Waals surface area contributed by atoms with Crippen LogP contribution >= 0.6 is 0 Å². The summed E-state index contributed by atoms with van der Waals surface area (Å²) in [6, 6.07) is 10.6. The van der Waals surface area contributed by atoms with Gasteiger partial charge in [-0.05, 0) is 48.2 Å². The van der Waals surface area contributed by atoms with Crippen LogP contribution in [0.15, 0.2) is 42.6 Å². The van der Waals surface area contributed by atoms with Crippen LogP contribution in [0, 0.1) is 5.82 Å². The Kier molecular flexibility index (Phi) is 5.20. The van der Waals surface area contributed by atoms with E-state index in [2.05, 4.69) is 9.88 Å². The molecule has 2 aromatic rings. The predicted molar refractivity (Wildman–Crippen MR) is 88.4 cm³/mol. The molecule has 1 fully saturated rings. The maximum absolute atomic E-state index is 13.0. The van der Waals surface area contributed by atoms with E-state index in [1.165, 1.54) is 17.7 Å². The lowest BCUT2D eigenvalue weighted by Gasteiger charge is -2.33. The van der Waals surface area contributed by atoms with Crippen molar-refractivity contribution in [2.24, 2.45) is 0 Å². The van der Waals surface area contributed by atoms with Crippen molar-refractivity contribution in [2.75, 3.05) is 25.4 Å². The van der Waals surface area contributed by atoms with Crippen LogP contribution in [0.4, 0.5) is 10.2 Å². The zero-order valence-electron chi connectivity index (χ0n) is 13.1. The molecule has 1 aliphatic rings. The Labute approximate surface area is 136 Å². The zero-order valence-corrected chi connectivity index (χ0v) is 13.1. The van der Waals surface area contributed by atoms with Gasteiger partial charge in [0.1, 0.15) is 11.6 Å². The van der Waals surface area contributed by atoms with Crippen LogP contribution < -0.4 is 5.73 Å². The Balaban J connectivity index is 1.50. The second kappa shape index (κ2) is 7.53. The summed E-state index contributed by atoms with van der Waals surface area (Å²) in [5.41, 5.74) is 8.03. The Morgan fingerprint density at radius 3 is 2.83 bits per heavy atom. The molecule has 0 saturated carbocycles. The number of nitrogen functional groups attached to an aromatic ring is 1. The van der Waals surface area contributed by atoms with Crippen LogP contribution in [-0.2, 0) is 17.7 Å². The lowest BCUT2D eigenvalue weighted by Crippen LogP contribution is -2.42. The highest BCUT2D eigenvalue weighted by molar-refractivity contribution is 5.31. The zero-order chi connectivity index (χ0) is 16.1. The first kappa shape index (κ1) is 15.9. The molecule has 1 atom stereocenters. The second-order valence-corrected chi connectivity index (χ2v) is 5.98. The normalized spacial score (nSPS) is 18.9. The van der Waals surface area contributed by atoms with Crippen LogP contribution in [0.1, 0.15) is 17.5 Å². The van der Waals surface area contributed by atoms with Crippen molar-refractivity contribution < 1.29 is 9.13 Å². The van der Waals surface area contributed by atoms with Gasteiger partial charge in [-0.1, -0.05) is 12.1 Å². The number of nitrogens with two attached hydrogens (primary N) is 1. The number of pyridine rings is 1. The van der Waals surface area contributed by atoms with Gasteiger partial charge in [0.25, 0.3) is 0 Å². The first-order valence-electron chi connectivity index (χ1n) is 7.98. The number of halogens is 1. The van der Waals surface area contributed by atoms with E-state index in [-0.39, 0.29) is 11.9 Å². The molecular formula is C18H22FN3O. The van der Waals surface area contributed by atoms with Gasteiger partial charge in [0, 0.05) is 25.8 Å². The molecular weight excluding hydrogens is 293 g/mol. The average Bonchev–Trinajstić information content (AvgIpc) is 2.56. The van der Waals surface area contributed by atoms with Crippen molar-refractivity contribution in [3.63, 3.8) is 0 Å². The minimum atomic E-state index is -0.190. The number of hydrogen-bond donors (Lipinski definition) is 1. The number of morpholine rings is 1. The van der Waals surface area contributed by atoms with E-state index in [1.807, 2.05) is 24.3 Å². The van der Waals surface area contributed by atoms with E-state index >= 15 is 0 Å². The summed E-state index contributed by atoms with van der Waals surface area (Å²) in [5, 5.41) is 0. The van der Waals surface area contributed by atoms with Gasteiger partial charge in [-0.2, -0.15) is 0 Å². The standard InChI is InChI=1S/C18H22FN3O/c19-16-4-1-15(2-5-16)12-22-9-10-23-17(13-22)6-3-14-7-8-21-18(20)11-14/h1-2,4-5,7-8,11,17H,3,6,9-10,12-13H2,(H2,20,21)/t17-/m1/s1. The molecule has 23 heavy (non-hydrogen) atoms. The lowest BCUT2D eigenvalue weighted by atomic mass is 10.1. The molecule has 0 unspecified atom stereocenters. The number of aryl methyl sites for hydroxylation is 1. The van der Waals surface area contributed by atoms with Gasteiger partial charge in [-0.25, -0.2) is 9.37 Å². The molecule has 2 N–H and O–H groups in total. The number of ether oxygens (including phenoxy) is 1. The van der Waals surface area contributed by atoms with Gasteiger partial charge in [-0.3, -0.25) is 4.90 Å². The van der Waals surface area contributed by atoms with Crippen LogP contribution in [0.2, 0.25) is 0 Å². The van der Waals surface area contributed by atoms with E-state index in [4.69, 9.17) is 10.5 Å². The lowest BCUT2D eigenvalue weighted by molar-refractivity contribution is -0.0345. The molecule has 1 aliphatic heterocycles. The van der Waals surface area contributed by atoms with E-state index in [0.717, 1.165) is 44.6 Å². The molecule has 2 heterocycles. The molecule has 0 bridgehead atoms. The monoisotopic (exact) mass is 315 g/mol. The Morgan fingerprint density at radius 1 is 1.22 bits per heavy atom. The van der Waals surface area contributed by atoms with E-state index in [9.17, 15) is 4.39 Å². The number of aromatic nitrogens is 1. The largest absolute Gasteiger partial charge is 0.384 e. The molecule has 1 aromatic heterocycles. The number of hydrogen-bond acceptors (Lipinski definition) is 4. The van der Waals surface area contributed by atoms with Crippen LogP contribution in [0.5, 0.6) is 0 Å². The van der Waals surface area contributed by atoms with Gasteiger partial charge >= 0.3 is 0 Å². The van der Waals surface area contributed by atoms with Crippen molar-refractivity contribution in [1.82, 2.24) is 9.88 Å². The molecule has 3 rings (SSSR count). The topological polar surface area (TPSA) is 51.4 Å². The summed E-state index contributed by atoms with van der Waals surface area (Å²) in [7, 11) is 0. The summed E-state index contributed by atoms with van der Waals surface area (Å²) < 4.78 is 18.8. The molecule has 0 aliphatic carbocycles. The second-order valence-electron chi connectivity index (χ2n) is 5.98. The Morgan fingerprint density at radius 2 is 2.04 bits per heavy atom. The third-order valence-electron chi connectivity index (χ3n) is 4.14. The van der Waals surface area contributed by atoms with Gasteiger partial charge in [-0.15, -0.1) is 0 Å². The highest BCUT2D eigenvalue weighted by atomic mass is 19.1. The average molecular weight is 315 g/mol. The predicted octanol–water partition coefficient (Wildman–Crippen LogP) is 2.64. The molecule has 0 amide bonds. The quantitative estimate of drug-likeness (QED) is 0.921. The molecule has 0 spiro atoms. The first-order valence-corrected chi connectivity index (χ1v) is 7.98. The van der Waals surface area contributed by atoms with Crippen molar-refractivity contribution in [3.05, 3.63) is 59.5 Å². The van der Waals surface area contributed by atoms with Crippen LogP contribution in [0.3, 0.4) is 0 Å². The van der Waals surface area contributed by atoms with E-state index in [0.29, 0.717) is 5.82 Å². The Bertz CT molecular complexity index is 632. The van der Waals surface area contributed by atoms with E-state index in [1.54, 1.807) is 6.20 Å². The SMILES string of the molecule is Nc1cc(CC[C@@H]2CN(Cc3ccc(F)cc3)CCO2)ccn1. The first-order chi connectivity index (χ1) is 11.2. The van der Waals surface area contributed by atoms with Gasteiger partial charge in [0.2, 0.25) is 0 Å². The fraction of sp³-hybridized carbons (Fsp3) is 0.389. The molecule has 122 valence electrons. The maximum Gasteiger partial charge on any atom is 0.123 e. The van der Waals surface area contributed by atoms with Gasteiger partial charge < -0.3 is 10.5 Å². The van der Waals surface area contributed by atoms with E-state index < -0.39 is 0 Å². The van der Waals surface area contributed by atoms with Crippen molar-refractivity contribution >= 4 is 5.82 Å². The minimum Gasteiger partial charge on any atom is -0.384 e. The smallest absolute Gasteiger partial charge is 0.123 e. The van der Waals surface area contributed by atoms with Crippen LogP contribution in [-0.4, -0.2) is 35.7 Å². The van der Waals surface area contributed by atoms with Crippen molar-refractivity contribution in [3.8, 4) is 0 Å². The highest BCUT2D eigenvalue weighted by Crippen LogP contribution is 2.16. The molecule has 5 heteroatoms. The number of rotatable bonds is 5. The minimum absolute atomic E-state index is 0.190. The summed E-state index contributed by atoms with van der Waals surface area (Å²) in [6.45, 7) is 3.39. The van der Waals surface area contributed by atoms with Gasteiger partial charge in [0.15, 0.2) is 0 Å². The number of benzene rings is 1. The van der Waals surface area contributed by atoms with Gasteiger partial charge in [0.05, 0.1) is 12.7 Å². The summed E-state index contributed by atoms with van der Waals surface area (Å²) in [6.07, 6.45) is 3.86. The fourth-order valence-electron chi connectivity index (χ4n) is 2.92. The van der Waals surface area contributed by atoms with Crippen molar-refractivity contribution in [1.29, 1.82) is 0 Å². The summed E-state index contributed by atoms with van der Waals surface area (Å²) in [5.74, 6) is 0.371. The molecule has 1 saturated heterocycles. The summed E-state index contributed by atoms with van der Waals surface area (Å²) >= 11 is 0. The highest BCUT2D eigenvalue weighted by Gasteiger charge is 2.20. The Hall–Kier alpha value is -1.98. The summed E-state index contributed by atoms with van der Waals surface area (Å²) in [4.78, 5) is 6.37. The third kappa shape index (κ3) is 4.74. The fourth-order valence-corrected chi connectivity index (χ4v) is 2.92.